The summed E-state index contributed by atoms with van der Waals surface area (Å²) in [5, 5.41) is 3.34. The Morgan fingerprint density at radius 3 is 2.71 bits per heavy atom. The van der Waals surface area contributed by atoms with E-state index < -0.39 is 0 Å². The first-order chi connectivity index (χ1) is 8.22. The van der Waals surface area contributed by atoms with Gasteiger partial charge < -0.3 is 9.73 Å². The highest BCUT2D eigenvalue weighted by atomic mass is 16.4. The SMILES string of the molecule is CCNC(C)c1ncc(C2(CC)CCCC2)o1. The monoisotopic (exact) mass is 236 g/mol. The van der Waals surface area contributed by atoms with E-state index in [1.54, 1.807) is 0 Å². The molecule has 1 saturated carbocycles. The van der Waals surface area contributed by atoms with E-state index in [2.05, 4.69) is 31.1 Å². The predicted molar refractivity (Wildman–Crippen MR) is 69.0 cm³/mol. The highest BCUT2D eigenvalue weighted by Gasteiger charge is 2.37. The molecule has 0 radical (unpaired) electrons. The fourth-order valence-corrected chi connectivity index (χ4v) is 2.95. The van der Waals surface area contributed by atoms with E-state index in [9.17, 15) is 0 Å². The van der Waals surface area contributed by atoms with Crippen molar-refractivity contribution in [2.75, 3.05) is 6.54 Å². The van der Waals surface area contributed by atoms with Gasteiger partial charge in [0.2, 0.25) is 5.89 Å². The second-order valence-electron chi connectivity index (χ2n) is 5.18. The van der Waals surface area contributed by atoms with Crippen LogP contribution in [0.1, 0.15) is 70.6 Å². The molecule has 1 fully saturated rings. The Kier molecular flexibility index (Phi) is 3.87. The summed E-state index contributed by atoms with van der Waals surface area (Å²) in [5.41, 5.74) is 0.275. The van der Waals surface area contributed by atoms with E-state index in [1.165, 1.54) is 25.7 Å². The van der Waals surface area contributed by atoms with Gasteiger partial charge in [-0.15, -0.1) is 0 Å². The maximum Gasteiger partial charge on any atom is 0.211 e. The number of oxazole rings is 1. The van der Waals surface area contributed by atoms with Crippen LogP contribution in [-0.4, -0.2) is 11.5 Å². The third-order valence-electron chi connectivity index (χ3n) is 4.16. The van der Waals surface area contributed by atoms with Crippen LogP contribution in [0.2, 0.25) is 0 Å². The summed E-state index contributed by atoms with van der Waals surface area (Å²) in [6, 6.07) is 0.212. The van der Waals surface area contributed by atoms with E-state index >= 15 is 0 Å². The Balaban J connectivity index is 2.16. The van der Waals surface area contributed by atoms with Crippen molar-refractivity contribution in [1.82, 2.24) is 10.3 Å². The van der Waals surface area contributed by atoms with Gasteiger partial charge in [-0.1, -0.05) is 26.7 Å². The van der Waals surface area contributed by atoms with Crippen molar-refractivity contribution in [1.29, 1.82) is 0 Å². The molecule has 96 valence electrons. The maximum absolute atomic E-state index is 6.00. The summed E-state index contributed by atoms with van der Waals surface area (Å²) in [4.78, 5) is 4.44. The lowest BCUT2D eigenvalue weighted by atomic mass is 9.81. The first-order valence-electron chi connectivity index (χ1n) is 6.91. The molecular weight excluding hydrogens is 212 g/mol. The summed E-state index contributed by atoms with van der Waals surface area (Å²) in [5.74, 6) is 1.94. The van der Waals surface area contributed by atoms with Crippen molar-refractivity contribution < 1.29 is 4.42 Å². The minimum absolute atomic E-state index is 0.212. The Hall–Kier alpha value is -0.830. The van der Waals surface area contributed by atoms with E-state index in [4.69, 9.17) is 4.42 Å². The molecular formula is C14H24N2O. The first kappa shape index (κ1) is 12.6. The zero-order valence-electron chi connectivity index (χ0n) is 11.3. The van der Waals surface area contributed by atoms with Crippen molar-refractivity contribution >= 4 is 0 Å². The molecule has 0 bridgehead atoms. The zero-order valence-corrected chi connectivity index (χ0v) is 11.3. The molecule has 1 N–H and O–H groups in total. The van der Waals surface area contributed by atoms with Crippen molar-refractivity contribution in [2.45, 2.75) is 64.3 Å². The largest absolute Gasteiger partial charge is 0.443 e. The predicted octanol–water partition coefficient (Wildman–Crippen LogP) is 3.57. The summed E-state index contributed by atoms with van der Waals surface area (Å²) < 4.78 is 6.00. The van der Waals surface area contributed by atoms with Crippen molar-refractivity contribution in [3.63, 3.8) is 0 Å². The quantitative estimate of drug-likeness (QED) is 0.849. The number of hydrogen-bond acceptors (Lipinski definition) is 3. The molecule has 1 aliphatic rings. The number of aromatic nitrogens is 1. The fourth-order valence-electron chi connectivity index (χ4n) is 2.95. The average molecular weight is 236 g/mol. The van der Waals surface area contributed by atoms with Gasteiger partial charge in [-0.3, -0.25) is 0 Å². The number of nitrogens with zero attached hydrogens (tertiary/aromatic N) is 1. The minimum Gasteiger partial charge on any atom is -0.443 e. The molecule has 0 aliphatic heterocycles. The lowest BCUT2D eigenvalue weighted by Crippen LogP contribution is -2.20. The molecule has 1 unspecified atom stereocenters. The topological polar surface area (TPSA) is 38.1 Å². The van der Waals surface area contributed by atoms with Crippen LogP contribution in [0.15, 0.2) is 10.6 Å². The van der Waals surface area contributed by atoms with Gasteiger partial charge >= 0.3 is 0 Å². The third kappa shape index (κ3) is 2.39. The molecule has 1 aliphatic carbocycles. The van der Waals surface area contributed by atoms with E-state index in [0.29, 0.717) is 0 Å². The Labute approximate surface area is 104 Å². The Bertz CT molecular complexity index is 353. The molecule has 0 saturated heterocycles. The van der Waals surface area contributed by atoms with E-state index in [-0.39, 0.29) is 11.5 Å². The van der Waals surface area contributed by atoms with Crippen LogP contribution in [-0.2, 0) is 5.41 Å². The standard InChI is InChI=1S/C14H24N2O/c1-4-14(8-6-7-9-14)12-10-16-13(17-12)11(3)15-5-2/h10-11,15H,4-9H2,1-3H3. The summed E-state index contributed by atoms with van der Waals surface area (Å²) in [6.45, 7) is 7.41. The zero-order chi connectivity index (χ0) is 12.3. The van der Waals surface area contributed by atoms with Gasteiger partial charge in [-0.2, -0.15) is 0 Å². The number of rotatable bonds is 5. The molecule has 1 aromatic rings. The van der Waals surface area contributed by atoms with Gasteiger partial charge in [0.1, 0.15) is 5.76 Å². The van der Waals surface area contributed by atoms with Gasteiger partial charge in [0.15, 0.2) is 0 Å². The molecule has 1 heterocycles. The molecule has 0 spiro atoms. The molecule has 0 amide bonds. The van der Waals surface area contributed by atoms with Gasteiger partial charge in [-0.25, -0.2) is 4.98 Å². The summed E-state index contributed by atoms with van der Waals surface area (Å²) in [6.07, 6.45) is 8.29. The lowest BCUT2D eigenvalue weighted by molar-refractivity contribution is 0.304. The van der Waals surface area contributed by atoms with Crippen LogP contribution >= 0.6 is 0 Å². The fraction of sp³-hybridized carbons (Fsp3) is 0.786. The molecule has 3 heteroatoms. The average Bonchev–Trinajstić information content (AvgIpc) is 2.99. The molecule has 1 atom stereocenters. The second kappa shape index (κ2) is 5.21. The van der Waals surface area contributed by atoms with E-state index in [1.807, 2.05) is 6.20 Å². The molecule has 1 aromatic heterocycles. The van der Waals surface area contributed by atoms with Crippen LogP contribution < -0.4 is 5.32 Å². The smallest absolute Gasteiger partial charge is 0.211 e. The van der Waals surface area contributed by atoms with Crippen LogP contribution in [0, 0.1) is 0 Å². The summed E-state index contributed by atoms with van der Waals surface area (Å²) in [7, 11) is 0. The van der Waals surface area contributed by atoms with Crippen LogP contribution in [0.4, 0.5) is 0 Å². The number of nitrogens with one attached hydrogen (secondary N) is 1. The van der Waals surface area contributed by atoms with Crippen molar-refractivity contribution in [3.8, 4) is 0 Å². The van der Waals surface area contributed by atoms with Crippen LogP contribution in [0.5, 0.6) is 0 Å². The molecule has 2 rings (SSSR count). The van der Waals surface area contributed by atoms with Gasteiger partial charge in [0.25, 0.3) is 0 Å². The normalized spacial score (nSPS) is 20.6. The highest BCUT2D eigenvalue weighted by molar-refractivity contribution is 5.14. The lowest BCUT2D eigenvalue weighted by Gasteiger charge is -2.24. The van der Waals surface area contributed by atoms with Gasteiger partial charge in [0, 0.05) is 5.41 Å². The van der Waals surface area contributed by atoms with E-state index in [0.717, 1.165) is 24.6 Å². The third-order valence-corrected chi connectivity index (χ3v) is 4.16. The molecule has 0 aromatic carbocycles. The number of hydrogen-bond donors (Lipinski definition) is 1. The van der Waals surface area contributed by atoms with Crippen molar-refractivity contribution in [2.24, 2.45) is 0 Å². The highest BCUT2D eigenvalue weighted by Crippen LogP contribution is 2.44. The Morgan fingerprint density at radius 2 is 2.12 bits per heavy atom. The minimum atomic E-state index is 0.212. The van der Waals surface area contributed by atoms with Crippen LogP contribution in [0.25, 0.3) is 0 Å². The summed E-state index contributed by atoms with van der Waals surface area (Å²) >= 11 is 0. The molecule has 17 heavy (non-hydrogen) atoms. The maximum atomic E-state index is 6.00. The first-order valence-corrected chi connectivity index (χ1v) is 6.91. The second-order valence-corrected chi connectivity index (χ2v) is 5.18. The van der Waals surface area contributed by atoms with Crippen molar-refractivity contribution in [3.05, 3.63) is 17.8 Å². The Morgan fingerprint density at radius 1 is 1.41 bits per heavy atom. The van der Waals surface area contributed by atoms with Gasteiger partial charge in [0.05, 0.1) is 12.2 Å². The van der Waals surface area contributed by atoms with Gasteiger partial charge in [-0.05, 0) is 32.7 Å². The molecule has 3 nitrogen and oxygen atoms in total. The van der Waals surface area contributed by atoms with Crippen LogP contribution in [0.3, 0.4) is 0 Å².